The highest BCUT2D eigenvalue weighted by Crippen LogP contribution is 2.41. The molecule has 0 saturated carbocycles. The number of carbonyl (C=O) groups excluding carboxylic acids is 4. The quantitative estimate of drug-likeness (QED) is 0.0887. The summed E-state index contributed by atoms with van der Waals surface area (Å²) in [5, 5.41) is 7.03. The second-order valence-corrected chi connectivity index (χ2v) is 20.4. The molecule has 0 aromatic heterocycles. The zero-order chi connectivity index (χ0) is 48.9. The second-order valence-electron chi connectivity index (χ2n) is 18.5. The molecule has 0 radical (unpaired) electrons. The van der Waals surface area contributed by atoms with E-state index in [0.29, 0.717) is 57.6 Å². The molecule has 1 N–H and O–H groups in total. The van der Waals surface area contributed by atoms with Crippen molar-refractivity contribution in [1.82, 2.24) is 9.62 Å². The van der Waals surface area contributed by atoms with Crippen molar-refractivity contribution in [3.05, 3.63) is 137 Å². The van der Waals surface area contributed by atoms with Crippen LogP contribution >= 0.6 is 0 Å². The molecule has 10 rings (SSSR count). The van der Waals surface area contributed by atoms with Gasteiger partial charge in [0.1, 0.15) is 5.82 Å². The Morgan fingerprint density at radius 1 is 0.643 bits per heavy atom. The van der Waals surface area contributed by atoms with Gasteiger partial charge in [0.2, 0.25) is 10.0 Å². The number of benzene rings is 6. The summed E-state index contributed by atoms with van der Waals surface area (Å²) in [4.78, 5) is 56.3. The Balaban J connectivity index is 0.000000193. The summed E-state index contributed by atoms with van der Waals surface area (Å²) < 4.78 is 52.6. The van der Waals surface area contributed by atoms with E-state index in [0.717, 1.165) is 99.4 Å². The van der Waals surface area contributed by atoms with E-state index < -0.39 is 16.1 Å². The number of piperidine rings is 2. The Hall–Kier alpha value is -6.16. The zero-order valence-electron chi connectivity index (χ0n) is 39.8. The number of methoxy groups -OCH3 is 2. The van der Waals surface area contributed by atoms with E-state index in [1.165, 1.54) is 16.4 Å². The number of rotatable bonds is 17. The van der Waals surface area contributed by atoms with Gasteiger partial charge in [0.15, 0.2) is 11.6 Å². The van der Waals surface area contributed by atoms with E-state index in [1.54, 1.807) is 55.5 Å². The maximum atomic E-state index is 13.8. The van der Waals surface area contributed by atoms with Gasteiger partial charge in [-0.05, 0) is 127 Å². The fraction of sp³-hybridized carbons (Fsp3) is 0.357. The molecule has 364 valence electrons. The molecule has 0 aliphatic carbocycles. The number of nitrogens with zero attached hydrogens (tertiary/aromatic N) is 3. The van der Waals surface area contributed by atoms with Gasteiger partial charge in [-0.15, -0.1) is 0 Å². The number of ether oxygens (including phenoxy) is 2. The summed E-state index contributed by atoms with van der Waals surface area (Å²) >= 11 is 0. The molecule has 6 aromatic carbocycles. The van der Waals surface area contributed by atoms with E-state index in [4.69, 9.17) is 9.47 Å². The van der Waals surface area contributed by atoms with Crippen LogP contribution in [-0.2, 0) is 41.9 Å². The van der Waals surface area contributed by atoms with Crippen molar-refractivity contribution in [3.63, 3.8) is 0 Å². The van der Waals surface area contributed by atoms with Crippen molar-refractivity contribution in [1.29, 1.82) is 0 Å². The first-order valence-electron chi connectivity index (χ1n) is 24.4. The molecule has 4 aliphatic rings. The highest BCUT2D eigenvalue weighted by molar-refractivity contribution is 7.89. The van der Waals surface area contributed by atoms with E-state index in [1.807, 2.05) is 65.6 Å². The Morgan fingerprint density at radius 2 is 1.17 bits per heavy atom. The topological polar surface area (TPSA) is 143 Å². The van der Waals surface area contributed by atoms with Crippen LogP contribution in [0.2, 0.25) is 0 Å². The third kappa shape index (κ3) is 9.80. The number of anilines is 2. The van der Waals surface area contributed by atoms with Crippen LogP contribution in [0.15, 0.2) is 114 Å². The van der Waals surface area contributed by atoms with E-state index >= 15 is 0 Å². The lowest BCUT2D eigenvalue weighted by atomic mass is 9.93. The maximum Gasteiger partial charge on any atom is 0.258 e. The normalized spacial score (nSPS) is 17.9. The van der Waals surface area contributed by atoms with Crippen LogP contribution in [0.1, 0.15) is 83.2 Å². The second kappa shape index (κ2) is 21.5. The molecule has 0 bridgehead atoms. The number of halogens is 1. The van der Waals surface area contributed by atoms with Crippen molar-refractivity contribution in [2.45, 2.75) is 81.2 Å². The van der Waals surface area contributed by atoms with Crippen LogP contribution < -0.4 is 15.1 Å². The smallest absolute Gasteiger partial charge is 0.258 e. The number of hydrogen-bond acceptors (Lipinski definition) is 9. The van der Waals surface area contributed by atoms with Crippen molar-refractivity contribution in [2.24, 2.45) is 0 Å². The molecule has 0 spiro atoms. The van der Waals surface area contributed by atoms with E-state index in [2.05, 4.69) is 5.32 Å². The minimum Gasteiger partial charge on any atom is -0.385 e. The van der Waals surface area contributed by atoms with Crippen LogP contribution in [0.4, 0.5) is 15.8 Å². The molecule has 2 fully saturated rings. The van der Waals surface area contributed by atoms with Gasteiger partial charge in [0.25, 0.3) is 11.8 Å². The first-order chi connectivity index (χ1) is 34.0. The lowest BCUT2D eigenvalue weighted by Gasteiger charge is -2.34. The minimum absolute atomic E-state index is 0.0334. The Morgan fingerprint density at radius 3 is 1.70 bits per heavy atom. The van der Waals surface area contributed by atoms with Crippen LogP contribution in [0.3, 0.4) is 0 Å². The van der Waals surface area contributed by atoms with Crippen LogP contribution in [0, 0.1) is 5.82 Å². The van der Waals surface area contributed by atoms with Gasteiger partial charge < -0.3 is 24.6 Å². The molecule has 6 aromatic rings. The monoisotopic (exact) mass is 966 g/mol. The third-order valence-electron chi connectivity index (χ3n) is 14.1. The number of ketones is 2. The molecule has 2 amide bonds. The largest absolute Gasteiger partial charge is 0.385 e. The van der Waals surface area contributed by atoms with Gasteiger partial charge in [0, 0.05) is 81.8 Å². The molecule has 4 heterocycles. The SMILES string of the molecule is COCCCN1C(=O)c2cccc3c(CC(=O)C4CCCCN4)ccc1c23.COCCCN1C(=O)c2cccc3c(CC(=O)C4CCCCN4S(=O)(=O)c4ccc(-c5ccc(F)cc5)cc4)ccc1c23. The molecule has 14 heteroatoms. The van der Waals surface area contributed by atoms with Crippen LogP contribution in [0.25, 0.3) is 32.7 Å². The Bertz CT molecular complexity index is 3050. The maximum absolute atomic E-state index is 13.8. The molecule has 2 atom stereocenters. The first-order valence-corrected chi connectivity index (χ1v) is 25.8. The zero-order valence-corrected chi connectivity index (χ0v) is 40.6. The number of nitrogens with one attached hydrogen (secondary N) is 1. The van der Waals surface area contributed by atoms with Gasteiger partial charge in [-0.3, -0.25) is 19.2 Å². The number of Topliss-reactive ketones (excluding diaryl/α,β-unsaturated/α-hetero) is 2. The van der Waals surface area contributed by atoms with Gasteiger partial charge in [-0.2, -0.15) is 4.31 Å². The van der Waals surface area contributed by atoms with Crippen LogP contribution in [-0.4, -0.2) is 102 Å². The summed E-state index contributed by atoms with van der Waals surface area (Å²) in [6, 6.07) is 30.9. The predicted octanol–water partition coefficient (Wildman–Crippen LogP) is 9.09. The molecular formula is C56H59FN4O8S. The Kier molecular flexibility index (Phi) is 15.0. The molecule has 2 saturated heterocycles. The number of sulfonamides is 1. The van der Waals surface area contributed by atoms with Gasteiger partial charge in [0.05, 0.1) is 28.4 Å². The molecule has 12 nitrogen and oxygen atoms in total. The van der Waals surface area contributed by atoms with Gasteiger partial charge >= 0.3 is 0 Å². The highest BCUT2D eigenvalue weighted by Gasteiger charge is 2.38. The molecular weight excluding hydrogens is 908 g/mol. The standard InChI is InChI=1S/C34H33FN2O5S.C22H26N2O3/c1-42-21-5-19-36-31-18-13-25(28-6-4-7-29(33(28)31)34(36)39)22-32(38)30-8-2-3-20-37(30)43(40,41)27-16-11-24(12-17-27)23-9-14-26(35)15-10-23;1-27-13-5-12-24-19-10-9-15(14-20(25)18-8-2-3-11-23-18)16-6-4-7-17(21(16)19)22(24)26/h4,6-7,9-18,30H,2-3,5,8,19-22H2,1H3;4,6-7,9-10,18,23H,2-3,5,8,11-14H2,1H3. The van der Waals surface area contributed by atoms with Gasteiger partial charge in [-0.25, -0.2) is 12.8 Å². The average molecular weight is 967 g/mol. The first kappa shape index (κ1) is 48.8. The number of hydrogen-bond donors (Lipinski definition) is 1. The van der Waals surface area contributed by atoms with Gasteiger partial charge in [-0.1, -0.05) is 73.5 Å². The highest BCUT2D eigenvalue weighted by atomic mass is 32.2. The van der Waals surface area contributed by atoms with Crippen molar-refractivity contribution >= 4 is 66.3 Å². The summed E-state index contributed by atoms with van der Waals surface area (Å²) in [5.74, 6) is -0.265. The van der Waals surface area contributed by atoms with E-state index in [-0.39, 0.29) is 53.1 Å². The number of carbonyl (C=O) groups is 4. The summed E-state index contributed by atoms with van der Waals surface area (Å²) in [5.41, 5.74) is 6.48. The minimum atomic E-state index is -3.93. The van der Waals surface area contributed by atoms with Crippen molar-refractivity contribution in [3.8, 4) is 11.1 Å². The average Bonchev–Trinajstić information content (AvgIpc) is 3.82. The fourth-order valence-corrected chi connectivity index (χ4v) is 12.2. The van der Waals surface area contributed by atoms with Crippen molar-refractivity contribution < 1.29 is 41.5 Å². The fourth-order valence-electron chi connectivity index (χ4n) is 10.6. The Labute approximate surface area is 408 Å². The summed E-state index contributed by atoms with van der Waals surface area (Å²) in [6.07, 6.45) is 7.06. The lowest BCUT2D eigenvalue weighted by molar-refractivity contribution is -0.123. The third-order valence-corrected chi connectivity index (χ3v) is 16.0. The lowest BCUT2D eigenvalue weighted by Crippen LogP contribution is -2.48. The van der Waals surface area contributed by atoms with E-state index in [9.17, 15) is 32.0 Å². The molecule has 70 heavy (non-hydrogen) atoms. The summed E-state index contributed by atoms with van der Waals surface area (Å²) in [7, 11) is -0.629. The summed E-state index contributed by atoms with van der Waals surface area (Å²) in [6.45, 7) is 3.55. The number of amides is 2. The molecule has 2 unspecified atom stereocenters. The molecule has 4 aliphatic heterocycles. The van der Waals surface area contributed by atoms with Crippen LogP contribution in [0.5, 0.6) is 0 Å². The van der Waals surface area contributed by atoms with Crippen molar-refractivity contribution in [2.75, 3.05) is 63.4 Å². The predicted molar refractivity (Wildman–Crippen MR) is 271 cm³/mol.